The Balaban J connectivity index is 1.58. The van der Waals surface area contributed by atoms with E-state index < -0.39 is 11.7 Å². The van der Waals surface area contributed by atoms with Crippen molar-refractivity contribution >= 4 is 19.0 Å². The predicted molar refractivity (Wildman–Crippen MR) is 85.6 cm³/mol. The molecule has 3 saturated heterocycles. The molecule has 0 radical (unpaired) electrons. The maximum absolute atomic E-state index is 13.0. The predicted octanol–water partition coefficient (Wildman–Crippen LogP) is 1.71. The third-order valence-electron chi connectivity index (χ3n) is 5.58. The molecule has 4 nitrogen and oxygen atoms in total. The van der Waals surface area contributed by atoms with E-state index >= 15 is 0 Å². The summed E-state index contributed by atoms with van der Waals surface area (Å²) in [5, 5.41) is 0. The Hall–Kier alpha value is -1.70. The highest BCUT2D eigenvalue weighted by molar-refractivity contribution is 5.97. The number of fused-ring (bicyclic) bond motifs is 5. The number of ether oxygens (including phenoxy) is 1. The molecule has 128 valence electrons. The lowest BCUT2D eigenvalue weighted by molar-refractivity contribution is -0.845. The maximum Gasteiger partial charge on any atom is 0.416 e. The van der Waals surface area contributed by atoms with Crippen molar-refractivity contribution in [3.05, 3.63) is 23.8 Å². The van der Waals surface area contributed by atoms with Gasteiger partial charge in [-0.05, 0) is 31.0 Å². The molecule has 1 aromatic heterocycles. The number of aromatic nitrogens is 2. The van der Waals surface area contributed by atoms with Gasteiger partial charge in [-0.2, -0.15) is 18.2 Å². The van der Waals surface area contributed by atoms with Gasteiger partial charge < -0.3 is 9.13 Å². The van der Waals surface area contributed by atoms with E-state index in [0.717, 1.165) is 12.6 Å². The van der Waals surface area contributed by atoms with Crippen LogP contribution in [-0.4, -0.2) is 47.2 Å². The van der Waals surface area contributed by atoms with Gasteiger partial charge in [0.2, 0.25) is 0 Å². The Bertz CT molecular complexity index is 841. The number of halogens is 3. The third-order valence-corrected chi connectivity index (χ3v) is 5.58. The van der Waals surface area contributed by atoms with Crippen LogP contribution in [0.5, 0.6) is 6.01 Å². The van der Waals surface area contributed by atoms with Gasteiger partial charge in [0.25, 0.3) is 6.01 Å². The zero-order valence-electron chi connectivity index (χ0n) is 12.4. The first kappa shape index (κ1) is 14.6. The largest absolute Gasteiger partial charge is 0.519 e. The molecular formula is C16H19BF3N3O. The van der Waals surface area contributed by atoms with Gasteiger partial charge in [-0.1, -0.05) is 0 Å². The third kappa shape index (κ3) is 1.89. The van der Waals surface area contributed by atoms with Crippen molar-refractivity contribution in [1.29, 1.82) is 0 Å². The lowest BCUT2D eigenvalue weighted by atomic mass is 9.71. The summed E-state index contributed by atoms with van der Waals surface area (Å²) >= 11 is 0. The first-order valence-corrected chi connectivity index (χ1v) is 7.93. The summed E-state index contributed by atoms with van der Waals surface area (Å²) in [7, 11) is 0.163. The van der Waals surface area contributed by atoms with Crippen molar-refractivity contribution < 1.29 is 22.3 Å². The van der Waals surface area contributed by atoms with E-state index in [-0.39, 0.29) is 13.6 Å². The summed E-state index contributed by atoms with van der Waals surface area (Å²) in [4.78, 5) is 4.46. The molecule has 0 saturated carbocycles. The molecule has 8 heteroatoms. The van der Waals surface area contributed by atoms with E-state index in [0.29, 0.717) is 29.5 Å². The molecule has 1 aromatic carbocycles. The van der Waals surface area contributed by atoms with Crippen molar-refractivity contribution in [2.45, 2.75) is 31.2 Å². The van der Waals surface area contributed by atoms with E-state index in [4.69, 9.17) is 4.74 Å². The topological polar surface area (TPSA) is 27.1 Å². The number of piperidine rings is 3. The molecule has 1 atom stereocenters. The highest BCUT2D eigenvalue weighted by Gasteiger charge is 2.56. The van der Waals surface area contributed by atoms with Gasteiger partial charge in [-0.15, -0.1) is 0 Å². The number of rotatable bonds is 0. The summed E-state index contributed by atoms with van der Waals surface area (Å²) < 4.78 is 48.6. The smallest absolute Gasteiger partial charge is 0.416 e. The summed E-state index contributed by atoms with van der Waals surface area (Å²) in [5.74, 6) is 0.512. The number of nitrogens with zero attached hydrogens (tertiary/aromatic N) is 3. The molecule has 24 heavy (non-hydrogen) atoms. The van der Waals surface area contributed by atoms with Gasteiger partial charge >= 0.3 is 6.18 Å². The number of benzene rings is 1. The zero-order chi connectivity index (χ0) is 16.7. The molecular weight excluding hydrogens is 318 g/mol. The van der Waals surface area contributed by atoms with Gasteiger partial charge in [-0.25, -0.2) is 0 Å². The maximum atomic E-state index is 13.0. The fourth-order valence-electron chi connectivity index (χ4n) is 4.41. The van der Waals surface area contributed by atoms with Crippen LogP contribution in [-0.2, 0) is 12.7 Å². The van der Waals surface area contributed by atoms with Crippen molar-refractivity contribution in [2.24, 2.45) is 5.92 Å². The summed E-state index contributed by atoms with van der Waals surface area (Å²) in [6.07, 6.45) is -1.97. The van der Waals surface area contributed by atoms with E-state index in [9.17, 15) is 13.2 Å². The van der Waals surface area contributed by atoms with Crippen LogP contribution >= 0.6 is 0 Å². The quantitative estimate of drug-likeness (QED) is 0.685. The zero-order valence-corrected chi connectivity index (χ0v) is 12.4. The van der Waals surface area contributed by atoms with Crippen LogP contribution in [0, 0.1) is 5.92 Å². The Morgan fingerprint density at radius 1 is 1.29 bits per heavy atom. The van der Waals surface area contributed by atoms with Crippen LogP contribution in [0.25, 0.3) is 11.0 Å². The van der Waals surface area contributed by atoms with Gasteiger partial charge in [0.1, 0.15) is 0 Å². The molecule has 0 N–H and O–H groups in total. The molecule has 5 heterocycles. The fourth-order valence-corrected chi connectivity index (χ4v) is 4.41. The van der Waals surface area contributed by atoms with Crippen LogP contribution in [0.4, 0.5) is 13.2 Å². The Morgan fingerprint density at radius 2 is 2.04 bits per heavy atom. The molecule has 4 aliphatic heterocycles. The van der Waals surface area contributed by atoms with Crippen molar-refractivity contribution in [2.75, 3.05) is 19.6 Å². The average molecular weight is 337 g/mol. The van der Waals surface area contributed by atoms with E-state index in [1.807, 2.05) is 4.57 Å². The Morgan fingerprint density at radius 3 is 2.71 bits per heavy atom. The minimum absolute atomic E-state index is 0.163. The molecule has 2 bridgehead atoms. The highest BCUT2D eigenvalue weighted by Crippen LogP contribution is 2.47. The van der Waals surface area contributed by atoms with Gasteiger partial charge in [0.15, 0.2) is 13.6 Å². The van der Waals surface area contributed by atoms with Gasteiger partial charge in [0.05, 0.1) is 29.7 Å². The molecule has 2 aromatic rings. The number of hydrogen-bond acceptors (Lipinski definition) is 2. The van der Waals surface area contributed by atoms with Gasteiger partial charge in [-0.3, -0.25) is 4.57 Å². The fraction of sp³-hybridized carbons (Fsp3) is 0.562. The lowest BCUT2D eigenvalue weighted by Crippen LogP contribution is -2.69. The monoisotopic (exact) mass is 337 g/mol. The average Bonchev–Trinajstić information content (AvgIpc) is 2.99. The second-order valence-electron chi connectivity index (χ2n) is 6.90. The number of imidazole rings is 1. The van der Waals surface area contributed by atoms with Gasteiger partial charge in [0, 0.05) is 19.0 Å². The molecule has 0 aliphatic carbocycles. The molecule has 4 aliphatic rings. The van der Waals surface area contributed by atoms with Crippen molar-refractivity contribution in [3.63, 3.8) is 0 Å². The Labute approximate surface area is 138 Å². The second-order valence-corrected chi connectivity index (χ2v) is 6.90. The lowest BCUT2D eigenvalue weighted by Gasteiger charge is -2.60. The summed E-state index contributed by atoms with van der Waals surface area (Å²) in [5.41, 5.74) is 0.271. The first-order valence-electron chi connectivity index (χ1n) is 7.93. The highest BCUT2D eigenvalue weighted by atomic mass is 19.4. The van der Waals surface area contributed by atoms with Crippen LogP contribution in [0.3, 0.4) is 0 Å². The number of alkyl halides is 3. The van der Waals surface area contributed by atoms with E-state index in [2.05, 4.69) is 4.98 Å². The second kappa shape index (κ2) is 4.28. The molecule has 1 unspecified atom stereocenters. The molecule has 6 rings (SSSR count). The first-order chi connectivity index (χ1) is 11.3. The Kier molecular flexibility index (Phi) is 2.61. The molecule has 3 fully saturated rings. The van der Waals surface area contributed by atoms with Crippen molar-refractivity contribution in [3.8, 4) is 6.01 Å². The SMILES string of the molecule is [BH3-][N+]12CCC(CC1)C1(Cn3c(nc4ccc(C(F)(F)F)cc43)O1)C2. The number of quaternary nitrogens is 1. The molecule has 0 amide bonds. The summed E-state index contributed by atoms with van der Waals surface area (Å²) in [6.45, 7) is 4.23. The van der Waals surface area contributed by atoms with E-state index in [1.165, 1.54) is 42.5 Å². The van der Waals surface area contributed by atoms with Crippen LogP contribution < -0.4 is 4.74 Å². The normalized spacial score (nSPS) is 34.8. The van der Waals surface area contributed by atoms with Crippen LogP contribution in [0.15, 0.2) is 18.2 Å². The van der Waals surface area contributed by atoms with E-state index in [1.54, 1.807) is 0 Å². The standard InChI is InChI=1S/C16H19BF3N3O/c17-23-5-3-10(4-6-23)15(9-23)8-22-13-7-11(16(18,19)20)1-2-12(13)21-14(22)24-15/h1-2,7,10H,3-6,8-9H2,17H3. The minimum atomic E-state index is -4.33. The minimum Gasteiger partial charge on any atom is -0.519 e. The number of hydrogen-bond donors (Lipinski definition) is 0. The van der Waals surface area contributed by atoms with Crippen molar-refractivity contribution in [1.82, 2.24) is 9.55 Å². The van der Waals surface area contributed by atoms with Crippen LogP contribution in [0.1, 0.15) is 18.4 Å². The molecule has 1 spiro atoms. The van der Waals surface area contributed by atoms with Crippen LogP contribution in [0.2, 0.25) is 0 Å². The summed E-state index contributed by atoms with van der Waals surface area (Å²) in [6, 6.07) is 4.26.